The van der Waals surface area contributed by atoms with Crippen LogP contribution in [0.1, 0.15) is 99.8 Å². The molecule has 0 unspecified atom stereocenters. The van der Waals surface area contributed by atoms with Crippen LogP contribution in [0.5, 0.6) is 0 Å². The minimum absolute atomic E-state index is 0.135. The van der Waals surface area contributed by atoms with Crippen molar-refractivity contribution in [3.63, 3.8) is 0 Å². The standard InChI is InChI=1S/C26H51N3O2/c1-8-25(6,9-2)23(30)14-12-13-15-24(31)27-16-18-29(20-22(5)21-29)19-17-28-26(7,10-3)11-4/h22,28H,8-21H2,1-7H3/p+1. The summed E-state index contributed by atoms with van der Waals surface area (Å²) in [7, 11) is 0. The zero-order chi connectivity index (χ0) is 23.5. The number of hydrogen-bond acceptors (Lipinski definition) is 3. The molecule has 0 aromatic rings. The first-order chi connectivity index (χ1) is 14.6. The van der Waals surface area contributed by atoms with Crippen LogP contribution in [0.3, 0.4) is 0 Å². The Balaban J connectivity index is 2.28. The summed E-state index contributed by atoms with van der Waals surface area (Å²) in [6, 6.07) is 0. The lowest BCUT2D eigenvalue weighted by atomic mass is 9.78. The minimum atomic E-state index is -0.186. The molecule has 0 radical (unpaired) electrons. The van der Waals surface area contributed by atoms with E-state index < -0.39 is 0 Å². The van der Waals surface area contributed by atoms with E-state index in [1.807, 2.05) is 0 Å². The van der Waals surface area contributed by atoms with Crippen LogP contribution in [-0.2, 0) is 9.59 Å². The first kappa shape index (κ1) is 28.1. The summed E-state index contributed by atoms with van der Waals surface area (Å²) in [6.07, 6.45) is 6.85. The predicted molar refractivity (Wildman–Crippen MR) is 131 cm³/mol. The normalized spacial score (nSPS) is 21.6. The predicted octanol–water partition coefficient (Wildman–Crippen LogP) is 4.69. The summed E-state index contributed by atoms with van der Waals surface area (Å²) >= 11 is 0. The lowest BCUT2D eigenvalue weighted by molar-refractivity contribution is -0.971. The van der Waals surface area contributed by atoms with Crippen LogP contribution in [0.25, 0.3) is 0 Å². The SMILES string of the molecule is CCC(C)(CC)NCC[N+]1(CCNC(=O)CCCCC(=O)C(C)(CC)CC)CC(C)C1. The molecule has 5 heteroatoms. The Morgan fingerprint density at radius 3 is 1.94 bits per heavy atom. The number of carbonyl (C=O) groups excluding carboxylic acids is 2. The van der Waals surface area contributed by atoms with Gasteiger partial charge in [0.05, 0.1) is 38.6 Å². The molecule has 1 aliphatic rings. The van der Waals surface area contributed by atoms with Crippen LogP contribution >= 0.6 is 0 Å². The number of carbonyl (C=O) groups is 2. The number of quaternary nitrogens is 1. The molecule has 0 spiro atoms. The molecule has 2 N–H and O–H groups in total. The highest BCUT2D eigenvalue weighted by Gasteiger charge is 2.40. The Kier molecular flexibility index (Phi) is 11.7. The number of amides is 1. The fourth-order valence-electron chi connectivity index (χ4n) is 4.88. The van der Waals surface area contributed by atoms with Crippen molar-refractivity contribution in [2.75, 3.05) is 39.3 Å². The van der Waals surface area contributed by atoms with Crippen LogP contribution in [0.4, 0.5) is 0 Å². The Morgan fingerprint density at radius 1 is 0.871 bits per heavy atom. The van der Waals surface area contributed by atoms with Gasteiger partial charge in [0.25, 0.3) is 0 Å². The first-order valence-corrected chi connectivity index (χ1v) is 13.0. The Morgan fingerprint density at radius 2 is 1.42 bits per heavy atom. The summed E-state index contributed by atoms with van der Waals surface area (Å²) in [5.41, 5.74) is 0.0523. The third-order valence-electron chi connectivity index (χ3n) is 8.30. The van der Waals surface area contributed by atoms with Gasteiger partial charge in [0.15, 0.2) is 0 Å². The topological polar surface area (TPSA) is 58.2 Å². The molecule has 31 heavy (non-hydrogen) atoms. The van der Waals surface area contributed by atoms with E-state index in [0.29, 0.717) is 18.6 Å². The summed E-state index contributed by atoms with van der Waals surface area (Å²) in [5, 5.41) is 6.90. The Bertz CT molecular complexity index is 547. The van der Waals surface area contributed by atoms with Gasteiger partial charge < -0.3 is 15.1 Å². The second kappa shape index (κ2) is 12.9. The van der Waals surface area contributed by atoms with E-state index in [2.05, 4.69) is 59.1 Å². The molecule has 1 rings (SSSR count). The van der Waals surface area contributed by atoms with Gasteiger partial charge in [-0.05, 0) is 45.4 Å². The Hall–Kier alpha value is -0.940. The molecule has 1 heterocycles. The zero-order valence-corrected chi connectivity index (χ0v) is 21.7. The summed E-state index contributed by atoms with van der Waals surface area (Å²) in [6.45, 7) is 21.8. The van der Waals surface area contributed by atoms with Crippen molar-refractivity contribution in [1.29, 1.82) is 0 Å². The van der Waals surface area contributed by atoms with Crippen molar-refractivity contribution < 1.29 is 14.1 Å². The third-order valence-corrected chi connectivity index (χ3v) is 8.30. The molecule has 0 aromatic heterocycles. The van der Waals surface area contributed by atoms with Gasteiger partial charge >= 0.3 is 0 Å². The van der Waals surface area contributed by atoms with Gasteiger partial charge in [-0.15, -0.1) is 0 Å². The summed E-state index contributed by atoms with van der Waals surface area (Å²) in [5.74, 6) is 1.27. The number of likely N-dealkylation sites (tertiary alicyclic amines) is 1. The molecule has 0 aromatic carbocycles. The van der Waals surface area contributed by atoms with Crippen LogP contribution in [0.2, 0.25) is 0 Å². The molecule has 1 amide bonds. The van der Waals surface area contributed by atoms with Gasteiger partial charge in [0.2, 0.25) is 5.91 Å². The molecule has 1 aliphatic heterocycles. The van der Waals surface area contributed by atoms with E-state index >= 15 is 0 Å². The third kappa shape index (κ3) is 8.84. The largest absolute Gasteiger partial charge is 0.350 e. The van der Waals surface area contributed by atoms with E-state index in [0.717, 1.165) is 75.1 Å². The van der Waals surface area contributed by atoms with Gasteiger partial charge in [-0.2, -0.15) is 0 Å². The average Bonchev–Trinajstić information content (AvgIpc) is 2.74. The van der Waals surface area contributed by atoms with E-state index in [1.54, 1.807) is 0 Å². The lowest BCUT2D eigenvalue weighted by Crippen LogP contribution is -2.66. The van der Waals surface area contributed by atoms with Crippen molar-refractivity contribution in [2.24, 2.45) is 11.3 Å². The molecule has 1 saturated heterocycles. The van der Waals surface area contributed by atoms with E-state index in [1.165, 1.54) is 13.1 Å². The molecule has 182 valence electrons. The van der Waals surface area contributed by atoms with Crippen LogP contribution in [0, 0.1) is 11.3 Å². The average molecular weight is 439 g/mol. The zero-order valence-electron chi connectivity index (χ0n) is 21.7. The lowest BCUT2D eigenvalue weighted by Gasteiger charge is -2.50. The monoisotopic (exact) mass is 438 g/mol. The molecule has 1 fully saturated rings. The molecule has 0 atom stereocenters. The van der Waals surface area contributed by atoms with Crippen molar-refractivity contribution in [2.45, 2.75) is 105 Å². The number of nitrogens with zero attached hydrogens (tertiary/aromatic N) is 1. The number of Topliss-reactive ketones (excluding diaryl/α,β-unsaturated/α-hetero) is 1. The first-order valence-electron chi connectivity index (χ1n) is 13.0. The number of ketones is 1. The quantitative estimate of drug-likeness (QED) is 0.256. The molecular weight excluding hydrogens is 386 g/mol. The maximum absolute atomic E-state index is 12.4. The second-order valence-electron chi connectivity index (χ2n) is 10.7. The molecule has 0 saturated carbocycles. The Labute approximate surface area is 192 Å². The van der Waals surface area contributed by atoms with Gasteiger partial charge in [-0.3, -0.25) is 9.59 Å². The van der Waals surface area contributed by atoms with Gasteiger partial charge in [0.1, 0.15) is 5.78 Å². The van der Waals surface area contributed by atoms with E-state index in [-0.39, 0.29) is 16.9 Å². The van der Waals surface area contributed by atoms with Gasteiger partial charge in [0, 0.05) is 30.3 Å². The van der Waals surface area contributed by atoms with Crippen LogP contribution in [-0.4, -0.2) is 61.0 Å². The van der Waals surface area contributed by atoms with E-state index in [4.69, 9.17) is 0 Å². The number of nitrogens with one attached hydrogen (secondary N) is 2. The fourth-order valence-corrected chi connectivity index (χ4v) is 4.88. The second-order valence-corrected chi connectivity index (χ2v) is 10.7. The number of unbranched alkanes of at least 4 members (excludes halogenated alkanes) is 1. The van der Waals surface area contributed by atoms with Crippen molar-refractivity contribution in [1.82, 2.24) is 10.6 Å². The smallest absolute Gasteiger partial charge is 0.220 e. The highest BCUT2D eigenvalue weighted by molar-refractivity contribution is 5.84. The van der Waals surface area contributed by atoms with Gasteiger partial charge in [-0.25, -0.2) is 0 Å². The molecular formula is C26H52N3O2+. The fraction of sp³-hybridized carbons (Fsp3) is 0.923. The highest BCUT2D eigenvalue weighted by atomic mass is 16.1. The summed E-state index contributed by atoms with van der Waals surface area (Å²) in [4.78, 5) is 24.7. The van der Waals surface area contributed by atoms with Crippen LogP contribution in [0.15, 0.2) is 0 Å². The van der Waals surface area contributed by atoms with Crippen molar-refractivity contribution in [3.8, 4) is 0 Å². The number of hydrogen-bond donors (Lipinski definition) is 2. The maximum atomic E-state index is 12.4. The maximum Gasteiger partial charge on any atom is 0.220 e. The molecule has 0 aliphatic carbocycles. The van der Waals surface area contributed by atoms with E-state index in [9.17, 15) is 9.59 Å². The van der Waals surface area contributed by atoms with Gasteiger partial charge in [-0.1, -0.05) is 41.5 Å². The van der Waals surface area contributed by atoms with Crippen LogP contribution < -0.4 is 10.6 Å². The summed E-state index contributed by atoms with van der Waals surface area (Å²) < 4.78 is 1.12. The molecule has 0 bridgehead atoms. The molecule has 5 nitrogen and oxygen atoms in total. The number of rotatable bonds is 17. The highest BCUT2D eigenvalue weighted by Crippen LogP contribution is 2.29. The minimum Gasteiger partial charge on any atom is -0.350 e. The van der Waals surface area contributed by atoms with Crippen molar-refractivity contribution >= 4 is 11.7 Å². The van der Waals surface area contributed by atoms with Crippen molar-refractivity contribution in [3.05, 3.63) is 0 Å².